The van der Waals surface area contributed by atoms with Crippen molar-refractivity contribution in [1.29, 1.82) is 0 Å². The minimum absolute atomic E-state index is 0.189. The Balaban J connectivity index is 2.00. The third kappa shape index (κ3) is 4.56. The summed E-state index contributed by atoms with van der Waals surface area (Å²) in [5, 5.41) is 15.3. The van der Waals surface area contributed by atoms with Crippen LogP contribution >= 0.6 is 11.8 Å². The molecule has 0 spiro atoms. The van der Waals surface area contributed by atoms with E-state index in [1.54, 1.807) is 11.8 Å². The molecule has 2 N–H and O–H groups in total. The Kier molecular flexibility index (Phi) is 7.60. The van der Waals surface area contributed by atoms with Gasteiger partial charge in [0, 0.05) is 45.9 Å². The summed E-state index contributed by atoms with van der Waals surface area (Å²) >= 11 is 1.69. The van der Waals surface area contributed by atoms with Gasteiger partial charge in [-0.2, -0.15) is 0 Å². The topological polar surface area (TPSA) is 63.5 Å². The van der Waals surface area contributed by atoms with E-state index in [0.717, 1.165) is 32.6 Å². The molecule has 3 aromatic carbocycles. The van der Waals surface area contributed by atoms with Gasteiger partial charge in [0.15, 0.2) is 0 Å². The highest BCUT2D eigenvalue weighted by Gasteiger charge is 2.28. The number of nitrogens with zero attached hydrogens (tertiary/aromatic N) is 1. The van der Waals surface area contributed by atoms with E-state index in [0.29, 0.717) is 36.6 Å². The van der Waals surface area contributed by atoms with Crippen molar-refractivity contribution in [3.8, 4) is 16.9 Å². The highest BCUT2D eigenvalue weighted by Crippen LogP contribution is 2.42. The Morgan fingerprint density at radius 1 is 1.06 bits per heavy atom. The number of nitrogens with one attached hydrogen (secondary N) is 1. The van der Waals surface area contributed by atoms with Crippen LogP contribution in [-0.2, 0) is 23.6 Å². The number of phenols is 1. The fourth-order valence-corrected chi connectivity index (χ4v) is 5.37. The first-order valence-corrected chi connectivity index (χ1v) is 12.5. The van der Waals surface area contributed by atoms with Gasteiger partial charge >= 0.3 is 5.97 Å². The zero-order chi connectivity index (χ0) is 24.1. The second-order valence-electron chi connectivity index (χ2n) is 7.93. The normalized spacial score (nSPS) is 11.1. The van der Waals surface area contributed by atoms with E-state index in [1.165, 1.54) is 0 Å². The summed E-state index contributed by atoms with van der Waals surface area (Å²) in [5.74, 6) is 0.447. The van der Waals surface area contributed by atoms with Gasteiger partial charge in [-0.05, 0) is 44.7 Å². The molecule has 4 aromatic rings. The van der Waals surface area contributed by atoms with Gasteiger partial charge in [-0.15, -0.1) is 11.8 Å². The fraction of sp³-hybridized carbons (Fsp3) is 0.250. The monoisotopic (exact) mass is 474 g/mol. The molecule has 0 aliphatic rings. The average Bonchev–Trinajstić information content (AvgIpc) is 3.18. The van der Waals surface area contributed by atoms with E-state index in [9.17, 15) is 9.90 Å². The average molecular weight is 475 g/mol. The van der Waals surface area contributed by atoms with Crippen LogP contribution in [0.1, 0.15) is 35.5 Å². The number of fused-ring (bicyclic) bond motifs is 1. The summed E-state index contributed by atoms with van der Waals surface area (Å²) in [6.45, 7) is 5.30. The third-order valence-electron chi connectivity index (χ3n) is 5.89. The van der Waals surface area contributed by atoms with Crippen LogP contribution in [0.4, 0.5) is 0 Å². The van der Waals surface area contributed by atoms with Gasteiger partial charge in [0.05, 0.1) is 17.7 Å². The Morgan fingerprint density at radius 2 is 1.74 bits per heavy atom. The van der Waals surface area contributed by atoms with Crippen molar-refractivity contribution in [1.82, 2.24) is 9.88 Å². The third-order valence-corrected chi connectivity index (χ3v) is 6.91. The smallest absolute Gasteiger partial charge is 0.340 e. The number of thioether (sulfide) groups is 1. The predicted molar refractivity (Wildman–Crippen MR) is 139 cm³/mol. The summed E-state index contributed by atoms with van der Waals surface area (Å²) in [6, 6.07) is 22.0. The van der Waals surface area contributed by atoms with Gasteiger partial charge in [0.1, 0.15) is 5.75 Å². The van der Waals surface area contributed by atoms with Crippen LogP contribution in [-0.4, -0.2) is 29.3 Å². The van der Waals surface area contributed by atoms with E-state index in [4.69, 9.17) is 4.74 Å². The number of hydrogen-bond acceptors (Lipinski definition) is 5. The Morgan fingerprint density at radius 3 is 2.35 bits per heavy atom. The highest BCUT2D eigenvalue weighted by molar-refractivity contribution is 7.98. The van der Waals surface area contributed by atoms with Crippen molar-refractivity contribution in [2.45, 2.75) is 37.6 Å². The van der Waals surface area contributed by atoms with E-state index in [-0.39, 0.29) is 11.7 Å². The molecule has 6 heteroatoms. The number of aryl methyl sites for hydroxylation is 1. The lowest BCUT2D eigenvalue weighted by atomic mass is 9.96. The molecule has 0 unspecified atom stereocenters. The molecule has 0 aliphatic carbocycles. The molecule has 0 radical (unpaired) electrons. The molecule has 4 rings (SSSR count). The number of rotatable bonds is 9. The Hall–Kier alpha value is -3.22. The van der Waals surface area contributed by atoms with Crippen LogP contribution in [0.15, 0.2) is 71.6 Å². The van der Waals surface area contributed by atoms with Gasteiger partial charge in [-0.1, -0.05) is 48.5 Å². The van der Waals surface area contributed by atoms with Crippen molar-refractivity contribution in [2.24, 2.45) is 0 Å². The molecule has 0 atom stereocenters. The molecular weight excluding hydrogens is 444 g/mol. The summed E-state index contributed by atoms with van der Waals surface area (Å²) in [5.41, 5.74) is 4.77. The molecule has 0 saturated carbocycles. The lowest BCUT2D eigenvalue weighted by Gasteiger charge is -2.14. The molecule has 1 aromatic heterocycles. The first-order chi connectivity index (χ1) is 16.6. The molecule has 0 aliphatic heterocycles. The molecule has 5 nitrogen and oxygen atoms in total. The predicted octanol–water partition coefficient (Wildman–Crippen LogP) is 6.22. The largest absolute Gasteiger partial charge is 0.507 e. The van der Waals surface area contributed by atoms with Crippen LogP contribution in [0.5, 0.6) is 5.75 Å². The van der Waals surface area contributed by atoms with E-state index >= 15 is 0 Å². The molecule has 1 heterocycles. The van der Waals surface area contributed by atoms with Gasteiger partial charge in [0.2, 0.25) is 0 Å². The summed E-state index contributed by atoms with van der Waals surface area (Å²) < 4.78 is 7.69. The molecule has 0 saturated heterocycles. The number of hydrogen-bond donors (Lipinski definition) is 2. The van der Waals surface area contributed by atoms with E-state index in [2.05, 4.69) is 28.9 Å². The molecule has 0 amide bonds. The SMILES string of the molecule is CCOC(=O)c1c(CSc2ccccc2)n(CC)c2cc(-c3ccccc3)c(O)c(CNC)c12. The number of ether oxygens (including phenoxy) is 1. The number of carbonyl (C=O) groups excluding carboxylic acids is 1. The minimum Gasteiger partial charge on any atom is -0.507 e. The maximum atomic E-state index is 13.3. The summed E-state index contributed by atoms with van der Waals surface area (Å²) in [4.78, 5) is 14.4. The summed E-state index contributed by atoms with van der Waals surface area (Å²) in [7, 11) is 1.84. The zero-order valence-corrected chi connectivity index (χ0v) is 20.6. The van der Waals surface area contributed by atoms with Crippen molar-refractivity contribution in [2.75, 3.05) is 13.7 Å². The Labute approximate surface area is 204 Å². The second-order valence-corrected chi connectivity index (χ2v) is 8.98. The fourth-order valence-electron chi connectivity index (χ4n) is 4.42. The highest BCUT2D eigenvalue weighted by atomic mass is 32.2. The number of aromatic hydroxyl groups is 1. The first kappa shape index (κ1) is 23.9. The number of aromatic nitrogens is 1. The number of esters is 1. The van der Waals surface area contributed by atoms with Gasteiger partial charge in [0.25, 0.3) is 0 Å². The van der Waals surface area contributed by atoms with Gasteiger partial charge in [-0.25, -0.2) is 4.79 Å². The summed E-state index contributed by atoms with van der Waals surface area (Å²) in [6.07, 6.45) is 0. The molecule has 34 heavy (non-hydrogen) atoms. The quantitative estimate of drug-likeness (QED) is 0.223. The van der Waals surface area contributed by atoms with Gasteiger partial charge in [-0.3, -0.25) is 0 Å². The Bertz CT molecular complexity index is 1280. The maximum absolute atomic E-state index is 13.3. The molecule has 0 bridgehead atoms. The van der Waals surface area contributed by atoms with Crippen molar-refractivity contribution in [3.05, 3.63) is 83.6 Å². The minimum atomic E-state index is -0.354. The van der Waals surface area contributed by atoms with Crippen LogP contribution in [0.2, 0.25) is 0 Å². The lowest BCUT2D eigenvalue weighted by Crippen LogP contribution is -2.11. The second kappa shape index (κ2) is 10.8. The van der Waals surface area contributed by atoms with E-state index in [1.807, 2.05) is 68.6 Å². The standard InChI is InChI=1S/C28H30N2O3S/c1-4-30-23-16-21(19-12-8-6-9-13-19)27(31)22(17-29-3)25(23)26(28(32)33-5-2)24(30)18-34-20-14-10-7-11-15-20/h6-16,29,31H,4-5,17-18H2,1-3H3. The van der Waals surface area contributed by atoms with E-state index < -0.39 is 0 Å². The van der Waals surface area contributed by atoms with Crippen LogP contribution < -0.4 is 5.32 Å². The zero-order valence-electron chi connectivity index (χ0n) is 19.8. The van der Waals surface area contributed by atoms with Crippen molar-refractivity contribution in [3.63, 3.8) is 0 Å². The molecule has 0 fully saturated rings. The van der Waals surface area contributed by atoms with Crippen LogP contribution in [0.25, 0.3) is 22.0 Å². The lowest BCUT2D eigenvalue weighted by molar-refractivity contribution is 0.0527. The van der Waals surface area contributed by atoms with Crippen molar-refractivity contribution >= 4 is 28.6 Å². The number of benzene rings is 3. The van der Waals surface area contributed by atoms with Crippen LogP contribution in [0, 0.1) is 0 Å². The molecular formula is C28H30N2O3S. The van der Waals surface area contributed by atoms with Gasteiger partial charge < -0.3 is 19.7 Å². The molecule has 176 valence electrons. The number of phenolic OH excluding ortho intramolecular Hbond substituents is 1. The number of carbonyl (C=O) groups is 1. The van der Waals surface area contributed by atoms with Crippen LogP contribution in [0.3, 0.4) is 0 Å². The maximum Gasteiger partial charge on any atom is 0.340 e. The first-order valence-electron chi connectivity index (χ1n) is 11.6. The van der Waals surface area contributed by atoms with Crippen molar-refractivity contribution < 1.29 is 14.6 Å².